The summed E-state index contributed by atoms with van der Waals surface area (Å²) in [4.78, 5) is 13.0. The van der Waals surface area contributed by atoms with Crippen molar-refractivity contribution in [2.45, 2.75) is 45.3 Å². The summed E-state index contributed by atoms with van der Waals surface area (Å²) in [6.07, 6.45) is -2.57. The van der Waals surface area contributed by atoms with Gasteiger partial charge in [-0.05, 0) is 33.7 Å². The van der Waals surface area contributed by atoms with Gasteiger partial charge in [-0.1, -0.05) is 0 Å². The van der Waals surface area contributed by atoms with E-state index in [0.717, 1.165) is 4.90 Å². The van der Waals surface area contributed by atoms with E-state index in [9.17, 15) is 13.6 Å². The number of alkyl halides is 2. The maximum atomic E-state index is 12.9. The summed E-state index contributed by atoms with van der Waals surface area (Å²) in [6, 6.07) is -1.10. The summed E-state index contributed by atoms with van der Waals surface area (Å²) in [5.74, 6) is 0. The second kappa shape index (κ2) is 5.62. The van der Waals surface area contributed by atoms with Crippen molar-refractivity contribution in [2.75, 3.05) is 19.6 Å². The van der Waals surface area contributed by atoms with Crippen LogP contribution in [0.4, 0.5) is 13.6 Å². The number of amides is 1. The summed E-state index contributed by atoms with van der Waals surface area (Å²) in [5.41, 5.74) is -0.663. The smallest absolute Gasteiger partial charge is 0.410 e. The summed E-state index contributed by atoms with van der Waals surface area (Å²) >= 11 is 0. The normalized spacial score (nSPS) is 22.5. The summed E-state index contributed by atoms with van der Waals surface area (Å²) < 4.78 is 30.8. The van der Waals surface area contributed by atoms with Gasteiger partial charge in [0.2, 0.25) is 0 Å². The molecule has 17 heavy (non-hydrogen) atoms. The molecule has 0 bridgehead atoms. The average molecular weight is 250 g/mol. The van der Waals surface area contributed by atoms with E-state index in [1.807, 2.05) is 0 Å². The van der Waals surface area contributed by atoms with E-state index >= 15 is 0 Å². The van der Waals surface area contributed by atoms with Crippen LogP contribution in [0.25, 0.3) is 0 Å². The molecule has 1 saturated heterocycles. The monoisotopic (exact) mass is 250 g/mol. The minimum atomic E-state index is -2.56. The van der Waals surface area contributed by atoms with Crippen LogP contribution in [0.5, 0.6) is 0 Å². The molecule has 0 spiro atoms. The fraction of sp³-hybridized carbons (Fsp3) is 0.909. The Morgan fingerprint density at radius 1 is 1.47 bits per heavy atom. The summed E-state index contributed by atoms with van der Waals surface area (Å²) in [6.45, 7) is 6.21. The van der Waals surface area contributed by atoms with E-state index < -0.39 is 24.2 Å². The molecule has 1 aliphatic rings. The molecule has 0 aliphatic carbocycles. The zero-order valence-electron chi connectivity index (χ0n) is 10.5. The topological polar surface area (TPSA) is 41.6 Å². The number of ether oxygens (including phenoxy) is 1. The molecule has 0 aromatic heterocycles. The molecule has 1 amide bonds. The van der Waals surface area contributed by atoms with Crippen molar-refractivity contribution in [2.24, 2.45) is 0 Å². The van der Waals surface area contributed by atoms with Crippen LogP contribution >= 0.6 is 0 Å². The molecule has 1 aliphatic heterocycles. The van der Waals surface area contributed by atoms with Crippen molar-refractivity contribution in [1.82, 2.24) is 10.2 Å². The Labute approximate surface area is 100 Å². The Balaban J connectivity index is 2.72. The standard InChI is InChI=1S/C11H20F2N2O2/c1-11(2,3)17-10(16)15-6-4-5-14-7-8(15)9(12)13/h8-9,14H,4-7H2,1-3H3. The third kappa shape index (κ3) is 4.46. The summed E-state index contributed by atoms with van der Waals surface area (Å²) in [7, 11) is 0. The molecule has 1 rings (SSSR count). The van der Waals surface area contributed by atoms with Crippen molar-refractivity contribution in [1.29, 1.82) is 0 Å². The molecular formula is C11H20F2N2O2. The minimum absolute atomic E-state index is 0.108. The molecule has 0 saturated carbocycles. The van der Waals surface area contributed by atoms with Crippen LogP contribution < -0.4 is 5.32 Å². The number of rotatable bonds is 1. The Morgan fingerprint density at radius 2 is 2.12 bits per heavy atom. The van der Waals surface area contributed by atoms with Gasteiger partial charge in [0.25, 0.3) is 6.43 Å². The lowest BCUT2D eigenvalue weighted by molar-refractivity contribution is -0.0112. The van der Waals surface area contributed by atoms with E-state index in [2.05, 4.69) is 5.32 Å². The number of hydrogen-bond acceptors (Lipinski definition) is 3. The predicted octanol–water partition coefficient (Wildman–Crippen LogP) is 1.85. The molecule has 1 N–H and O–H groups in total. The zero-order chi connectivity index (χ0) is 13.1. The first kappa shape index (κ1) is 14.2. The van der Waals surface area contributed by atoms with Crippen LogP contribution in [-0.4, -0.2) is 48.7 Å². The van der Waals surface area contributed by atoms with Crippen molar-refractivity contribution < 1.29 is 18.3 Å². The van der Waals surface area contributed by atoms with E-state index in [4.69, 9.17) is 4.74 Å². The number of halogens is 2. The molecular weight excluding hydrogens is 230 g/mol. The number of nitrogens with one attached hydrogen (secondary N) is 1. The Hall–Kier alpha value is -0.910. The molecule has 100 valence electrons. The maximum absolute atomic E-state index is 12.9. The molecule has 1 fully saturated rings. The molecule has 0 aromatic carbocycles. The first-order valence-electron chi connectivity index (χ1n) is 5.80. The second-order valence-corrected chi connectivity index (χ2v) is 5.13. The fourth-order valence-corrected chi connectivity index (χ4v) is 1.67. The number of hydrogen-bond donors (Lipinski definition) is 1. The molecule has 1 heterocycles. The number of carbonyl (C=O) groups is 1. The average Bonchev–Trinajstić information content (AvgIpc) is 2.39. The largest absolute Gasteiger partial charge is 0.444 e. The highest BCUT2D eigenvalue weighted by atomic mass is 19.3. The fourth-order valence-electron chi connectivity index (χ4n) is 1.67. The van der Waals surface area contributed by atoms with Gasteiger partial charge >= 0.3 is 6.09 Å². The highest BCUT2D eigenvalue weighted by Crippen LogP contribution is 2.17. The Kier molecular flexibility index (Phi) is 4.68. The third-order valence-electron chi connectivity index (χ3n) is 2.43. The van der Waals surface area contributed by atoms with Gasteiger partial charge in [-0.25, -0.2) is 13.6 Å². The SMILES string of the molecule is CC(C)(C)OC(=O)N1CCCNCC1C(F)F. The van der Waals surface area contributed by atoms with Gasteiger partial charge in [0.1, 0.15) is 11.6 Å². The van der Waals surface area contributed by atoms with Gasteiger partial charge in [-0.2, -0.15) is 0 Å². The highest BCUT2D eigenvalue weighted by molar-refractivity contribution is 5.68. The van der Waals surface area contributed by atoms with Crippen molar-refractivity contribution in [3.8, 4) is 0 Å². The van der Waals surface area contributed by atoms with Crippen LogP contribution in [0.2, 0.25) is 0 Å². The molecule has 0 aromatic rings. The first-order valence-corrected chi connectivity index (χ1v) is 5.80. The molecule has 1 unspecified atom stereocenters. The van der Waals surface area contributed by atoms with Crippen LogP contribution in [-0.2, 0) is 4.74 Å². The second-order valence-electron chi connectivity index (χ2n) is 5.13. The van der Waals surface area contributed by atoms with Gasteiger partial charge in [-0.3, -0.25) is 4.90 Å². The lowest BCUT2D eigenvalue weighted by Crippen LogP contribution is -2.49. The van der Waals surface area contributed by atoms with Gasteiger partial charge in [0, 0.05) is 13.1 Å². The van der Waals surface area contributed by atoms with E-state index in [1.165, 1.54) is 0 Å². The summed E-state index contributed by atoms with van der Waals surface area (Å²) in [5, 5.41) is 2.90. The maximum Gasteiger partial charge on any atom is 0.410 e. The van der Waals surface area contributed by atoms with Gasteiger partial charge in [0.15, 0.2) is 0 Å². The Morgan fingerprint density at radius 3 is 2.65 bits per heavy atom. The lowest BCUT2D eigenvalue weighted by Gasteiger charge is -2.31. The predicted molar refractivity (Wildman–Crippen MR) is 60.2 cm³/mol. The highest BCUT2D eigenvalue weighted by Gasteiger charge is 2.34. The van der Waals surface area contributed by atoms with Gasteiger partial charge < -0.3 is 10.1 Å². The van der Waals surface area contributed by atoms with Crippen molar-refractivity contribution in [3.05, 3.63) is 0 Å². The van der Waals surface area contributed by atoms with Crippen molar-refractivity contribution in [3.63, 3.8) is 0 Å². The van der Waals surface area contributed by atoms with E-state index in [1.54, 1.807) is 20.8 Å². The van der Waals surface area contributed by atoms with Crippen LogP contribution in [0.1, 0.15) is 27.2 Å². The molecule has 0 radical (unpaired) electrons. The van der Waals surface area contributed by atoms with Gasteiger partial charge in [0.05, 0.1) is 0 Å². The van der Waals surface area contributed by atoms with Crippen LogP contribution in [0.3, 0.4) is 0 Å². The zero-order valence-corrected chi connectivity index (χ0v) is 10.5. The van der Waals surface area contributed by atoms with E-state index in [0.29, 0.717) is 19.5 Å². The lowest BCUT2D eigenvalue weighted by atomic mass is 10.2. The first-order chi connectivity index (χ1) is 7.81. The molecule has 6 heteroatoms. The van der Waals surface area contributed by atoms with E-state index in [-0.39, 0.29) is 6.54 Å². The molecule has 1 atom stereocenters. The van der Waals surface area contributed by atoms with Crippen molar-refractivity contribution >= 4 is 6.09 Å². The minimum Gasteiger partial charge on any atom is -0.444 e. The third-order valence-corrected chi connectivity index (χ3v) is 2.43. The quantitative estimate of drug-likeness (QED) is 0.772. The van der Waals surface area contributed by atoms with Gasteiger partial charge in [-0.15, -0.1) is 0 Å². The van der Waals surface area contributed by atoms with Crippen LogP contribution in [0, 0.1) is 0 Å². The van der Waals surface area contributed by atoms with Crippen LogP contribution in [0.15, 0.2) is 0 Å². The number of nitrogens with zero attached hydrogens (tertiary/aromatic N) is 1. The Bertz CT molecular complexity index is 267. The molecule has 4 nitrogen and oxygen atoms in total. The number of carbonyl (C=O) groups excluding carboxylic acids is 1.